The van der Waals surface area contributed by atoms with Crippen LogP contribution in [0.5, 0.6) is 0 Å². The van der Waals surface area contributed by atoms with E-state index in [9.17, 15) is 20.1 Å². The maximum atomic E-state index is 10.8. The molecule has 16 heavy (non-hydrogen) atoms. The summed E-state index contributed by atoms with van der Waals surface area (Å²) in [5.41, 5.74) is -1.19. The molecule has 2 fully saturated rings. The van der Waals surface area contributed by atoms with Crippen molar-refractivity contribution in [3.8, 4) is 0 Å². The van der Waals surface area contributed by atoms with Gasteiger partial charge in [-0.15, -0.1) is 0 Å². The first-order valence-corrected chi connectivity index (χ1v) is 6.04. The van der Waals surface area contributed by atoms with Crippen molar-refractivity contribution in [2.75, 3.05) is 0 Å². The van der Waals surface area contributed by atoms with Gasteiger partial charge in [0.25, 0.3) is 0 Å². The van der Waals surface area contributed by atoms with E-state index >= 15 is 0 Å². The number of rotatable bonds is 3. The molecular weight excluding hydrogens is 208 g/mol. The minimum atomic E-state index is -1.19. The average molecular weight is 228 g/mol. The lowest BCUT2D eigenvalue weighted by Gasteiger charge is -2.45. The summed E-state index contributed by atoms with van der Waals surface area (Å²) in [7, 11) is 0. The standard InChI is InChI=1S/C12H20O4/c1-7(14)11(15)12(16)9-2-3-10(12)5-8(4-9)6-13/h6-11,14-16H,2-5H2,1H3/t7-,8-,9-,10+,11-,12-/m0/s1. The first-order valence-electron chi connectivity index (χ1n) is 6.04. The molecule has 0 saturated heterocycles. The molecule has 0 amide bonds. The second-order valence-electron chi connectivity index (χ2n) is 5.41. The summed E-state index contributed by atoms with van der Waals surface area (Å²) in [6, 6.07) is 0. The zero-order valence-corrected chi connectivity index (χ0v) is 9.54. The van der Waals surface area contributed by atoms with Crippen LogP contribution in [0.2, 0.25) is 0 Å². The Morgan fingerprint density at radius 3 is 2.12 bits per heavy atom. The van der Waals surface area contributed by atoms with Crippen LogP contribution in [-0.2, 0) is 4.79 Å². The van der Waals surface area contributed by atoms with E-state index in [1.165, 1.54) is 6.92 Å². The van der Waals surface area contributed by atoms with E-state index in [2.05, 4.69) is 0 Å². The monoisotopic (exact) mass is 228 g/mol. The fourth-order valence-electron chi connectivity index (χ4n) is 3.62. The highest BCUT2D eigenvalue weighted by Crippen LogP contribution is 2.53. The van der Waals surface area contributed by atoms with Crippen LogP contribution < -0.4 is 0 Å². The number of aliphatic hydroxyl groups is 3. The quantitative estimate of drug-likeness (QED) is 0.598. The molecule has 4 nitrogen and oxygen atoms in total. The minimum Gasteiger partial charge on any atom is -0.391 e. The van der Waals surface area contributed by atoms with Crippen molar-refractivity contribution in [3.05, 3.63) is 0 Å². The van der Waals surface area contributed by atoms with Crippen LogP contribution in [-0.4, -0.2) is 39.4 Å². The summed E-state index contributed by atoms with van der Waals surface area (Å²) >= 11 is 0. The molecule has 0 unspecified atom stereocenters. The van der Waals surface area contributed by atoms with Crippen molar-refractivity contribution in [2.45, 2.75) is 50.4 Å². The van der Waals surface area contributed by atoms with Gasteiger partial charge in [0.05, 0.1) is 11.7 Å². The molecule has 0 spiro atoms. The highest BCUT2D eigenvalue weighted by Gasteiger charge is 2.57. The lowest BCUT2D eigenvalue weighted by atomic mass is 9.67. The molecule has 2 saturated carbocycles. The maximum Gasteiger partial charge on any atom is 0.123 e. The van der Waals surface area contributed by atoms with Gasteiger partial charge in [-0.3, -0.25) is 0 Å². The molecular formula is C12H20O4. The molecule has 0 aromatic carbocycles. The van der Waals surface area contributed by atoms with Gasteiger partial charge in [0.1, 0.15) is 12.4 Å². The number of hydrogen-bond donors (Lipinski definition) is 3. The van der Waals surface area contributed by atoms with Gasteiger partial charge < -0.3 is 20.1 Å². The Kier molecular flexibility index (Phi) is 3.07. The van der Waals surface area contributed by atoms with Crippen molar-refractivity contribution in [1.29, 1.82) is 0 Å². The summed E-state index contributed by atoms with van der Waals surface area (Å²) in [6.45, 7) is 1.49. The smallest absolute Gasteiger partial charge is 0.123 e. The molecule has 0 aliphatic heterocycles. The van der Waals surface area contributed by atoms with Crippen LogP contribution in [0.4, 0.5) is 0 Å². The molecule has 3 N–H and O–H groups in total. The Bertz CT molecular complexity index is 262. The van der Waals surface area contributed by atoms with E-state index in [0.717, 1.165) is 19.1 Å². The van der Waals surface area contributed by atoms with Gasteiger partial charge in [0, 0.05) is 5.92 Å². The molecule has 92 valence electrons. The first kappa shape index (κ1) is 12.0. The van der Waals surface area contributed by atoms with E-state index in [1.54, 1.807) is 0 Å². The van der Waals surface area contributed by atoms with Gasteiger partial charge in [-0.05, 0) is 44.4 Å². The number of carbonyl (C=O) groups excluding carboxylic acids is 1. The molecule has 0 aromatic heterocycles. The van der Waals surface area contributed by atoms with E-state index in [0.29, 0.717) is 12.8 Å². The zero-order chi connectivity index (χ0) is 11.9. The third-order valence-electron chi connectivity index (χ3n) is 4.47. The summed E-state index contributed by atoms with van der Waals surface area (Å²) < 4.78 is 0. The minimum absolute atomic E-state index is 0.0129. The van der Waals surface area contributed by atoms with Crippen molar-refractivity contribution >= 4 is 6.29 Å². The second kappa shape index (κ2) is 4.09. The first-order chi connectivity index (χ1) is 7.50. The van der Waals surface area contributed by atoms with Crippen molar-refractivity contribution in [1.82, 2.24) is 0 Å². The van der Waals surface area contributed by atoms with Crippen molar-refractivity contribution < 1.29 is 20.1 Å². The molecule has 0 aromatic rings. The Hall–Kier alpha value is -0.450. The van der Waals surface area contributed by atoms with Crippen LogP contribution in [0.15, 0.2) is 0 Å². The summed E-state index contributed by atoms with van der Waals surface area (Å²) in [6.07, 6.45) is 1.89. The predicted molar refractivity (Wildman–Crippen MR) is 57.6 cm³/mol. The average Bonchev–Trinajstić information content (AvgIpc) is 2.48. The summed E-state index contributed by atoms with van der Waals surface area (Å²) in [5, 5.41) is 30.0. The molecule has 2 bridgehead atoms. The Morgan fingerprint density at radius 1 is 1.25 bits per heavy atom. The van der Waals surface area contributed by atoms with Gasteiger partial charge in [0.15, 0.2) is 0 Å². The highest BCUT2D eigenvalue weighted by molar-refractivity contribution is 5.54. The normalized spacial score (nSPS) is 46.4. The molecule has 2 aliphatic rings. The third kappa shape index (κ3) is 1.60. The summed E-state index contributed by atoms with van der Waals surface area (Å²) in [4.78, 5) is 10.8. The van der Waals surface area contributed by atoms with Crippen LogP contribution in [0.3, 0.4) is 0 Å². The SMILES string of the molecule is C[C@H](O)[C@H](O)[C@@]1(O)[C@@H]2CC[C@H]1C[C@H](C=O)C2. The van der Waals surface area contributed by atoms with Crippen molar-refractivity contribution in [3.63, 3.8) is 0 Å². The van der Waals surface area contributed by atoms with Gasteiger partial charge in [0.2, 0.25) is 0 Å². The van der Waals surface area contributed by atoms with Crippen molar-refractivity contribution in [2.24, 2.45) is 17.8 Å². The van der Waals surface area contributed by atoms with Gasteiger partial charge in [-0.2, -0.15) is 0 Å². The van der Waals surface area contributed by atoms with Gasteiger partial charge in [-0.1, -0.05) is 0 Å². The Labute approximate surface area is 95.3 Å². The molecule has 0 radical (unpaired) electrons. The predicted octanol–water partition coefficient (Wildman–Crippen LogP) is 0.0943. The number of aliphatic hydroxyl groups excluding tert-OH is 2. The fraction of sp³-hybridized carbons (Fsp3) is 0.917. The van der Waals surface area contributed by atoms with E-state index in [4.69, 9.17) is 0 Å². The number of hydrogen-bond acceptors (Lipinski definition) is 4. The maximum absolute atomic E-state index is 10.8. The van der Waals surface area contributed by atoms with Crippen LogP contribution in [0.25, 0.3) is 0 Å². The molecule has 0 heterocycles. The Balaban J connectivity index is 2.21. The number of carbonyl (C=O) groups is 1. The van der Waals surface area contributed by atoms with E-state index < -0.39 is 17.8 Å². The Morgan fingerprint density at radius 2 is 1.75 bits per heavy atom. The lowest BCUT2D eigenvalue weighted by Crippen LogP contribution is -2.57. The zero-order valence-electron chi connectivity index (χ0n) is 9.54. The lowest BCUT2D eigenvalue weighted by molar-refractivity contribution is -0.179. The van der Waals surface area contributed by atoms with Crippen LogP contribution >= 0.6 is 0 Å². The van der Waals surface area contributed by atoms with Crippen LogP contribution in [0, 0.1) is 17.8 Å². The second-order valence-corrected chi connectivity index (χ2v) is 5.41. The topological polar surface area (TPSA) is 77.8 Å². The van der Waals surface area contributed by atoms with Crippen LogP contribution in [0.1, 0.15) is 32.6 Å². The summed E-state index contributed by atoms with van der Waals surface area (Å²) in [5.74, 6) is -0.0870. The highest BCUT2D eigenvalue weighted by atomic mass is 16.4. The van der Waals surface area contributed by atoms with E-state index in [-0.39, 0.29) is 17.8 Å². The van der Waals surface area contributed by atoms with E-state index in [1.807, 2.05) is 0 Å². The fourth-order valence-corrected chi connectivity index (χ4v) is 3.62. The largest absolute Gasteiger partial charge is 0.391 e. The molecule has 2 aliphatic carbocycles. The molecule has 4 heteroatoms. The van der Waals surface area contributed by atoms with Gasteiger partial charge in [-0.25, -0.2) is 0 Å². The van der Waals surface area contributed by atoms with Gasteiger partial charge >= 0.3 is 0 Å². The number of aldehydes is 1. The third-order valence-corrected chi connectivity index (χ3v) is 4.47. The number of fused-ring (bicyclic) bond motifs is 2. The molecule has 6 atom stereocenters. The molecule has 2 rings (SSSR count).